The fourth-order valence-corrected chi connectivity index (χ4v) is 4.71. The van der Waals surface area contributed by atoms with Gasteiger partial charge in [0.2, 0.25) is 5.91 Å². The van der Waals surface area contributed by atoms with E-state index in [1.54, 1.807) is 0 Å². The molecule has 2 aliphatic heterocycles. The Balaban J connectivity index is 1.15. The smallest absolute Gasteiger partial charge is 0.220 e. The number of pyridine rings is 1. The third-order valence-electron chi connectivity index (χ3n) is 6.51. The molecule has 0 radical (unpaired) electrons. The van der Waals surface area contributed by atoms with Gasteiger partial charge in [0.15, 0.2) is 0 Å². The summed E-state index contributed by atoms with van der Waals surface area (Å²) in [6.45, 7) is 5.39. The molecule has 1 amide bonds. The van der Waals surface area contributed by atoms with Gasteiger partial charge in [0, 0.05) is 44.4 Å². The highest BCUT2D eigenvalue weighted by atomic mass is 16.5. The van der Waals surface area contributed by atoms with Gasteiger partial charge in [-0.1, -0.05) is 48.5 Å². The van der Waals surface area contributed by atoms with E-state index < -0.39 is 0 Å². The number of ether oxygens (including phenoxy) is 1. The SMILES string of the molecule is O=C(CCCN1CCN(c2ccccn2)CC1)NC1c2ccccc2COc2ccccc21. The second-order valence-corrected chi connectivity index (χ2v) is 8.65. The first kappa shape index (κ1) is 21.5. The number of anilines is 1. The number of rotatable bonds is 6. The van der Waals surface area contributed by atoms with Crippen LogP contribution in [0.4, 0.5) is 5.82 Å². The molecule has 1 unspecified atom stereocenters. The molecule has 3 aromatic rings. The Bertz CT molecular complexity index is 1030. The van der Waals surface area contributed by atoms with E-state index in [1.807, 2.05) is 54.7 Å². The number of hydrogen-bond donors (Lipinski definition) is 1. The number of para-hydroxylation sites is 1. The van der Waals surface area contributed by atoms with E-state index in [2.05, 4.69) is 38.3 Å². The molecule has 5 rings (SSSR count). The van der Waals surface area contributed by atoms with Gasteiger partial charge in [-0.05, 0) is 42.3 Å². The van der Waals surface area contributed by atoms with Crippen molar-refractivity contribution in [2.24, 2.45) is 0 Å². The van der Waals surface area contributed by atoms with Gasteiger partial charge < -0.3 is 15.0 Å². The maximum Gasteiger partial charge on any atom is 0.220 e. The fraction of sp³-hybridized carbons (Fsp3) is 0.333. The van der Waals surface area contributed by atoms with Gasteiger partial charge in [-0.25, -0.2) is 4.98 Å². The molecule has 1 aromatic heterocycles. The number of nitrogens with zero attached hydrogens (tertiary/aromatic N) is 3. The van der Waals surface area contributed by atoms with E-state index in [-0.39, 0.29) is 11.9 Å². The average molecular weight is 443 g/mol. The lowest BCUT2D eigenvalue weighted by atomic mass is 9.95. The van der Waals surface area contributed by atoms with Crippen LogP contribution in [0, 0.1) is 0 Å². The lowest BCUT2D eigenvalue weighted by molar-refractivity contribution is -0.121. The predicted octanol–water partition coefficient (Wildman–Crippen LogP) is 3.78. The summed E-state index contributed by atoms with van der Waals surface area (Å²) >= 11 is 0. The van der Waals surface area contributed by atoms with E-state index in [4.69, 9.17) is 4.74 Å². The summed E-state index contributed by atoms with van der Waals surface area (Å²) in [7, 11) is 0. The molecule has 0 bridgehead atoms. The Hall–Kier alpha value is -3.38. The first-order valence-electron chi connectivity index (χ1n) is 11.7. The summed E-state index contributed by atoms with van der Waals surface area (Å²) < 4.78 is 6.02. The minimum atomic E-state index is -0.186. The molecule has 2 aliphatic rings. The summed E-state index contributed by atoms with van der Waals surface area (Å²) in [5.41, 5.74) is 3.24. The zero-order valence-corrected chi connectivity index (χ0v) is 18.8. The first-order chi connectivity index (χ1) is 16.3. The van der Waals surface area contributed by atoms with Crippen molar-refractivity contribution in [3.8, 4) is 5.75 Å². The van der Waals surface area contributed by atoms with Crippen LogP contribution >= 0.6 is 0 Å². The van der Waals surface area contributed by atoms with Gasteiger partial charge in [0.25, 0.3) is 0 Å². The van der Waals surface area contributed by atoms with Crippen LogP contribution in [0.2, 0.25) is 0 Å². The quantitative estimate of drug-likeness (QED) is 0.630. The van der Waals surface area contributed by atoms with Crippen LogP contribution in [0.25, 0.3) is 0 Å². The molecular formula is C27H30N4O2. The number of nitrogens with one attached hydrogen (secondary N) is 1. The molecule has 1 fully saturated rings. The normalized spacial score (nSPS) is 17.9. The number of hydrogen-bond acceptors (Lipinski definition) is 5. The molecular weight excluding hydrogens is 412 g/mol. The number of carbonyl (C=O) groups is 1. The number of aromatic nitrogens is 1. The zero-order valence-electron chi connectivity index (χ0n) is 18.8. The number of piperazine rings is 1. The van der Waals surface area contributed by atoms with Crippen LogP contribution in [0.5, 0.6) is 5.75 Å². The lowest BCUT2D eigenvalue weighted by Gasteiger charge is -2.35. The van der Waals surface area contributed by atoms with Gasteiger partial charge in [-0.3, -0.25) is 9.69 Å². The third-order valence-corrected chi connectivity index (χ3v) is 6.51. The van der Waals surface area contributed by atoms with Crippen molar-refractivity contribution in [3.63, 3.8) is 0 Å². The first-order valence-corrected chi connectivity index (χ1v) is 11.7. The highest BCUT2D eigenvalue weighted by Crippen LogP contribution is 2.35. The maximum atomic E-state index is 12.9. The van der Waals surface area contributed by atoms with Gasteiger partial charge in [-0.2, -0.15) is 0 Å². The summed E-state index contributed by atoms with van der Waals surface area (Å²) in [5, 5.41) is 3.28. The van der Waals surface area contributed by atoms with Crippen LogP contribution in [0.3, 0.4) is 0 Å². The zero-order chi connectivity index (χ0) is 22.5. The second-order valence-electron chi connectivity index (χ2n) is 8.65. The summed E-state index contributed by atoms with van der Waals surface area (Å²) in [5.74, 6) is 1.97. The molecule has 0 saturated carbocycles. The van der Waals surface area contributed by atoms with Crippen molar-refractivity contribution >= 4 is 11.7 Å². The lowest BCUT2D eigenvalue weighted by Crippen LogP contribution is -2.47. The largest absolute Gasteiger partial charge is 0.489 e. The number of benzene rings is 2. The monoisotopic (exact) mass is 442 g/mol. The van der Waals surface area contributed by atoms with Crippen LogP contribution in [0.15, 0.2) is 72.9 Å². The van der Waals surface area contributed by atoms with Crippen molar-refractivity contribution in [2.45, 2.75) is 25.5 Å². The van der Waals surface area contributed by atoms with E-state index in [0.29, 0.717) is 13.0 Å². The molecule has 1 saturated heterocycles. The van der Waals surface area contributed by atoms with Crippen molar-refractivity contribution in [2.75, 3.05) is 37.6 Å². The predicted molar refractivity (Wildman–Crippen MR) is 129 cm³/mol. The van der Waals surface area contributed by atoms with Crippen molar-refractivity contribution < 1.29 is 9.53 Å². The average Bonchev–Trinajstić information content (AvgIpc) is 3.02. The Morgan fingerprint density at radius 1 is 0.939 bits per heavy atom. The Labute approximate surface area is 195 Å². The maximum absolute atomic E-state index is 12.9. The van der Waals surface area contributed by atoms with Gasteiger partial charge in [0.05, 0.1) is 6.04 Å². The molecule has 6 heteroatoms. The van der Waals surface area contributed by atoms with E-state index in [9.17, 15) is 4.79 Å². The molecule has 1 N–H and O–H groups in total. The molecule has 0 aliphatic carbocycles. The standard InChI is InChI=1S/C27H30N4O2/c32-26(13-7-15-30-16-18-31(19-17-30)25-12-5-6-14-28-25)29-27-22-9-2-1-8-21(22)20-33-24-11-4-3-10-23(24)27/h1-6,8-12,14,27H,7,13,15-20H2,(H,29,32). The second kappa shape index (κ2) is 10.0. The molecule has 33 heavy (non-hydrogen) atoms. The summed E-state index contributed by atoms with van der Waals surface area (Å²) in [6, 6.07) is 22.1. The van der Waals surface area contributed by atoms with Crippen LogP contribution in [0.1, 0.15) is 35.6 Å². The number of fused-ring (bicyclic) bond motifs is 2. The minimum absolute atomic E-state index is 0.0821. The van der Waals surface area contributed by atoms with Crippen LogP contribution < -0.4 is 15.0 Å². The summed E-state index contributed by atoms with van der Waals surface area (Å²) in [4.78, 5) is 22.2. The van der Waals surface area contributed by atoms with Gasteiger partial charge in [-0.15, -0.1) is 0 Å². The third kappa shape index (κ3) is 5.01. The molecule has 1 atom stereocenters. The molecule has 3 heterocycles. The minimum Gasteiger partial charge on any atom is -0.489 e. The summed E-state index contributed by atoms with van der Waals surface area (Å²) in [6.07, 6.45) is 3.21. The van der Waals surface area contributed by atoms with Crippen LogP contribution in [-0.4, -0.2) is 48.5 Å². The van der Waals surface area contributed by atoms with Gasteiger partial charge in [0.1, 0.15) is 18.2 Å². The van der Waals surface area contributed by atoms with E-state index >= 15 is 0 Å². The van der Waals surface area contributed by atoms with Crippen LogP contribution in [-0.2, 0) is 11.4 Å². The Morgan fingerprint density at radius 3 is 2.52 bits per heavy atom. The van der Waals surface area contributed by atoms with Crippen molar-refractivity contribution in [1.29, 1.82) is 0 Å². The van der Waals surface area contributed by atoms with E-state index in [1.165, 1.54) is 0 Å². The highest BCUT2D eigenvalue weighted by Gasteiger charge is 2.26. The topological polar surface area (TPSA) is 57.7 Å². The number of amides is 1. The van der Waals surface area contributed by atoms with Crippen molar-refractivity contribution in [1.82, 2.24) is 15.2 Å². The number of carbonyl (C=O) groups excluding carboxylic acids is 1. The molecule has 170 valence electrons. The molecule has 0 spiro atoms. The Kier molecular flexibility index (Phi) is 6.53. The Morgan fingerprint density at radius 2 is 1.70 bits per heavy atom. The molecule has 2 aromatic carbocycles. The van der Waals surface area contributed by atoms with Gasteiger partial charge >= 0.3 is 0 Å². The molecule has 6 nitrogen and oxygen atoms in total. The van der Waals surface area contributed by atoms with Crippen molar-refractivity contribution in [3.05, 3.63) is 89.6 Å². The highest BCUT2D eigenvalue weighted by molar-refractivity contribution is 5.77. The van der Waals surface area contributed by atoms with E-state index in [0.717, 1.165) is 67.4 Å². The fourth-order valence-electron chi connectivity index (χ4n) is 4.71.